The van der Waals surface area contributed by atoms with Crippen molar-refractivity contribution in [2.75, 3.05) is 13.1 Å². The van der Waals surface area contributed by atoms with Crippen molar-refractivity contribution in [1.82, 2.24) is 4.90 Å². The van der Waals surface area contributed by atoms with E-state index in [0.29, 0.717) is 18.0 Å². The molecular weight excluding hydrogens is 236 g/mol. The van der Waals surface area contributed by atoms with Crippen LogP contribution >= 0.6 is 0 Å². The summed E-state index contributed by atoms with van der Waals surface area (Å²) < 4.78 is 0. The molecule has 3 fully saturated rings. The van der Waals surface area contributed by atoms with Crippen LogP contribution in [0.2, 0.25) is 0 Å². The molecule has 0 spiro atoms. The average Bonchev–Trinajstić information content (AvgIpc) is 2.62. The summed E-state index contributed by atoms with van der Waals surface area (Å²) in [6.45, 7) is 2.15. The Kier molecular flexibility index (Phi) is 4.16. The number of likely N-dealkylation sites (tertiary alicyclic amines) is 1. The van der Waals surface area contributed by atoms with E-state index in [1.54, 1.807) is 0 Å². The Morgan fingerprint density at radius 3 is 2.63 bits per heavy atom. The summed E-state index contributed by atoms with van der Waals surface area (Å²) in [4.78, 5) is 2.63. The first kappa shape index (κ1) is 13.8. The van der Waals surface area contributed by atoms with E-state index in [-0.39, 0.29) is 5.60 Å². The highest BCUT2D eigenvalue weighted by atomic mass is 16.3. The van der Waals surface area contributed by atoms with Crippen LogP contribution in [0.1, 0.15) is 64.2 Å². The number of nitrogens with zero attached hydrogens (tertiary/aromatic N) is 1. The molecule has 0 radical (unpaired) electrons. The normalized spacial score (nSPS) is 45.5. The lowest BCUT2D eigenvalue weighted by Crippen LogP contribution is -2.58. The zero-order valence-electron chi connectivity index (χ0n) is 12.2. The topological polar surface area (TPSA) is 49.5 Å². The molecule has 1 saturated heterocycles. The number of piperidine rings is 1. The van der Waals surface area contributed by atoms with Gasteiger partial charge in [0.25, 0.3) is 0 Å². The molecule has 3 N–H and O–H groups in total. The molecule has 19 heavy (non-hydrogen) atoms. The second-order valence-corrected chi connectivity index (χ2v) is 7.16. The van der Waals surface area contributed by atoms with Gasteiger partial charge in [-0.25, -0.2) is 0 Å². The molecule has 0 amide bonds. The lowest BCUT2D eigenvalue weighted by Gasteiger charge is -2.50. The standard InChI is InChI=1S/C16H30N2O/c17-14-7-2-1-3-8-15(14)18-11-10-16(19)9-5-4-6-13(16)12-18/h13-15,19H,1-12,17H2. The van der Waals surface area contributed by atoms with Crippen molar-refractivity contribution in [3.63, 3.8) is 0 Å². The molecule has 3 nitrogen and oxygen atoms in total. The molecular formula is C16H30N2O. The molecule has 1 aliphatic heterocycles. The van der Waals surface area contributed by atoms with Gasteiger partial charge >= 0.3 is 0 Å². The Bertz CT molecular complexity index is 309. The van der Waals surface area contributed by atoms with Crippen molar-refractivity contribution in [2.45, 2.75) is 81.9 Å². The van der Waals surface area contributed by atoms with Crippen molar-refractivity contribution in [3.05, 3.63) is 0 Å². The predicted molar refractivity (Wildman–Crippen MR) is 77.9 cm³/mol. The van der Waals surface area contributed by atoms with Crippen LogP contribution in [0.4, 0.5) is 0 Å². The highest BCUT2D eigenvalue weighted by Crippen LogP contribution is 2.41. The maximum atomic E-state index is 10.8. The second-order valence-electron chi connectivity index (χ2n) is 7.16. The number of fused-ring (bicyclic) bond motifs is 1. The molecule has 3 rings (SSSR count). The van der Waals surface area contributed by atoms with Crippen molar-refractivity contribution in [3.8, 4) is 0 Å². The van der Waals surface area contributed by atoms with E-state index in [1.165, 1.54) is 51.4 Å². The van der Waals surface area contributed by atoms with Gasteiger partial charge in [-0.1, -0.05) is 32.1 Å². The number of nitrogens with two attached hydrogens (primary N) is 1. The van der Waals surface area contributed by atoms with Gasteiger partial charge in [0.15, 0.2) is 0 Å². The fourth-order valence-electron chi connectivity index (χ4n) is 4.67. The summed E-state index contributed by atoms with van der Waals surface area (Å²) in [7, 11) is 0. The molecule has 3 aliphatic rings. The van der Waals surface area contributed by atoms with E-state index in [4.69, 9.17) is 5.73 Å². The summed E-state index contributed by atoms with van der Waals surface area (Å²) in [5.41, 5.74) is 6.06. The van der Waals surface area contributed by atoms with Crippen LogP contribution in [0.25, 0.3) is 0 Å². The van der Waals surface area contributed by atoms with Gasteiger partial charge in [-0.3, -0.25) is 4.90 Å². The highest BCUT2D eigenvalue weighted by Gasteiger charge is 2.44. The minimum absolute atomic E-state index is 0.344. The summed E-state index contributed by atoms with van der Waals surface area (Å²) in [6, 6.07) is 0.936. The molecule has 0 aromatic rings. The van der Waals surface area contributed by atoms with Gasteiger partial charge in [-0.15, -0.1) is 0 Å². The van der Waals surface area contributed by atoms with Gasteiger partial charge in [-0.2, -0.15) is 0 Å². The first-order chi connectivity index (χ1) is 9.19. The van der Waals surface area contributed by atoms with Crippen LogP contribution in [0.5, 0.6) is 0 Å². The summed E-state index contributed by atoms with van der Waals surface area (Å²) in [5.74, 6) is 0.505. The predicted octanol–water partition coefficient (Wildman–Crippen LogP) is 2.27. The van der Waals surface area contributed by atoms with E-state index in [2.05, 4.69) is 4.90 Å². The maximum Gasteiger partial charge on any atom is 0.0700 e. The van der Waals surface area contributed by atoms with Gasteiger partial charge in [0.1, 0.15) is 0 Å². The largest absolute Gasteiger partial charge is 0.390 e. The van der Waals surface area contributed by atoms with Crippen LogP contribution in [-0.2, 0) is 0 Å². The van der Waals surface area contributed by atoms with Crippen LogP contribution in [-0.4, -0.2) is 40.8 Å². The van der Waals surface area contributed by atoms with E-state index >= 15 is 0 Å². The van der Waals surface area contributed by atoms with Gasteiger partial charge < -0.3 is 10.8 Å². The monoisotopic (exact) mass is 266 g/mol. The van der Waals surface area contributed by atoms with Crippen molar-refractivity contribution in [1.29, 1.82) is 0 Å². The maximum absolute atomic E-state index is 10.8. The van der Waals surface area contributed by atoms with Crippen LogP contribution < -0.4 is 5.73 Å². The molecule has 2 saturated carbocycles. The van der Waals surface area contributed by atoms with Crippen molar-refractivity contribution < 1.29 is 5.11 Å². The lowest BCUT2D eigenvalue weighted by atomic mass is 9.71. The Morgan fingerprint density at radius 2 is 1.74 bits per heavy atom. The molecule has 1 heterocycles. The summed E-state index contributed by atoms with van der Waals surface area (Å²) >= 11 is 0. The number of hydrogen-bond donors (Lipinski definition) is 2. The fourth-order valence-corrected chi connectivity index (χ4v) is 4.67. The molecule has 110 valence electrons. The zero-order chi connectivity index (χ0) is 13.3. The highest BCUT2D eigenvalue weighted by molar-refractivity contribution is 4.98. The summed E-state index contributed by atoms with van der Waals surface area (Å²) in [6.07, 6.45) is 12.2. The van der Waals surface area contributed by atoms with E-state index in [9.17, 15) is 5.11 Å². The molecule has 2 aliphatic carbocycles. The average molecular weight is 266 g/mol. The number of rotatable bonds is 1. The molecule has 3 heteroatoms. The third-order valence-corrected chi connectivity index (χ3v) is 5.96. The molecule has 0 aromatic heterocycles. The minimum Gasteiger partial charge on any atom is -0.390 e. The lowest BCUT2D eigenvalue weighted by molar-refractivity contribution is -0.104. The van der Waals surface area contributed by atoms with Gasteiger partial charge in [0, 0.05) is 31.1 Å². The van der Waals surface area contributed by atoms with Crippen LogP contribution in [0.3, 0.4) is 0 Å². The van der Waals surface area contributed by atoms with Crippen LogP contribution in [0, 0.1) is 5.92 Å². The minimum atomic E-state index is -0.344. The van der Waals surface area contributed by atoms with Gasteiger partial charge in [0.2, 0.25) is 0 Å². The number of aliphatic hydroxyl groups is 1. The van der Waals surface area contributed by atoms with Crippen molar-refractivity contribution in [2.24, 2.45) is 11.7 Å². The Morgan fingerprint density at radius 1 is 0.947 bits per heavy atom. The Balaban J connectivity index is 1.66. The Labute approximate surface area is 117 Å². The SMILES string of the molecule is NC1CCCCCC1N1CCC2(O)CCCCC2C1. The van der Waals surface area contributed by atoms with Crippen molar-refractivity contribution >= 4 is 0 Å². The van der Waals surface area contributed by atoms with Gasteiger partial charge in [0.05, 0.1) is 5.60 Å². The third kappa shape index (κ3) is 2.84. The van der Waals surface area contributed by atoms with E-state index in [1.807, 2.05) is 0 Å². The first-order valence-corrected chi connectivity index (χ1v) is 8.41. The van der Waals surface area contributed by atoms with E-state index in [0.717, 1.165) is 25.9 Å². The fraction of sp³-hybridized carbons (Fsp3) is 1.00. The van der Waals surface area contributed by atoms with E-state index < -0.39 is 0 Å². The third-order valence-electron chi connectivity index (χ3n) is 5.96. The molecule has 0 bridgehead atoms. The second kappa shape index (κ2) is 5.71. The Hall–Kier alpha value is -0.120. The molecule has 0 aromatic carbocycles. The summed E-state index contributed by atoms with van der Waals surface area (Å²) in [5, 5.41) is 10.8. The first-order valence-electron chi connectivity index (χ1n) is 8.41. The molecule has 4 unspecified atom stereocenters. The van der Waals surface area contributed by atoms with Crippen LogP contribution in [0.15, 0.2) is 0 Å². The zero-order valence-corrected chi connectivity index (χ0v) is 12.2. The smallest absolute Gasteiger partial charge is 0.0700 e. The number of hydrogen-bond acceptors (Lipinski definition) is 3. The molecule has 4 atom stereocenters. The van der Waals surface area contributed by atoms with Gasteiger partial charge in [-0.05, 0) is 32.1 Å². The quantitative estimate of drug-likeness (QED) is 0.716.